The van der Waals surface area contributed by atoms with E-state index in [-0.39, 0.29) is 17.7 Å². The van der Waals surface area contributed by atoms with Crippen LogP contribution in [-0.4, -0.2) is 21.8 Å². The number of amides is 1. The zero-order valence-electron chi connectivity index (χ0n) is 14.4. The molecule has 0 aliphatic heterocycles. The molecule has 3 aromatic rings. The van der Waals surface area contributed by atoms with Gasteiger partial charge in [-0.05, 0) is 42.2 Å². The van der Waals surface area contributed by atoms with Crippen LogP contribution in [0.3, 0.4) is 0 Å². The molecule has 2 aromatic heterocycles. The molecule has 27 heavy (non-hydrogen) atoms. The van der Waals surface area contributed by atoms with E-state index in [1.54, 1.807) is 0 Å². The van der Waals surface area contributed by atoms with Crippen molar-refractivity contribution in [2.45, 2.75) is 24.9 Å². The Labute approximate surface area is 154 Å². The maximum absolute atomic E-state index is 12.6. The molecular weight excluding hydrogens is 355 g/mol. The van der Waals surface area contributed by atoms with Crippen molar-refractivity contribution in [2.24, 2.45) is 5.92 Å². The highest BCUT2D eigenvalue weighted by Gasteiger charge is 2.44. The van der Waals surface area contributed by atoms with Crippen molar-refractivity contribution in [3.8, 4) is 0 Å². The van der Waals surface area contributed by atoms with Crippen molar-refractivity contribution >= 4 is 11.6 Å². The van der Waals surface area contributed by atoms with E-state index in [4.69, 9.17) is 0 Å². The van der Waals surface area contributed by atoms with Crippen molar-refractivity contribution in [3.05, 3.63) is 71.7 Å². The summed E-state index contributed by atoms with van der Waals surface area (Å²) >= 11 is 0. The van der Waals surface area contributed by atoms with Gasteiger partial charge < -0.3 is 9.72 Å². The second-order valence-electron chi connectivity index (χ2n) is 6.81. The van der Waals surface area contributed by atoms with E-state index in [2.05, 4.69) is 10.3 Å². The minimum absolute atomic E-state index is 0.00229. The van der Waals surface area contributed by atoms with Crippen LogP contribution in [0.15, 0.2) is 54.9 Å². The monoisotopic (exact) mass is 373 g/mol. The van der Waals surface area contributed by atoms with Gasteiger partial charge >= 0.3 is 6.18 Å². The highest BCUT2D eigenvalue weighted by atomic mass is 19.4. The number of hydrogen-bond acceptors (Lipinski definition) is 2. The number of nitrogens with zero attached hydrogens (tertiary/aromatic N) is 2. The van der Waals surface area contributed by atoms with Gasteiger partial charge in [-0.25, -0.2) is 4.98 Å². The van der Waals surface area contributed by atoms with Crippen LogP contribution in [0.2, 0.25) is 0 Å². The Hall–Kier alpha value is -2.83. The molecule has 1 fully saturated rings. The number of imidazole rings is 1. The minimum atomic E-state index is -4.34. The fourth-order valence-corrected chi connectivity index (χ4v) is 3.32. The molecule has 0 radical (unpaired) electrons. The van der Waals surface area contributed by atoms with Crippen LogP contribution in [0.1, 0.15) is 29.2 Å². The smallest absolute Gasteiger partial charge is 0.355 e. The van der Waals surface area contributed by atoms with Crippen LogP contribution in [0.4, 0.5) is 13.2 Å². The molecule has 0 saturated heterocycles. The second kappa shape index (κ2) is 6.72. The minimum Gasteiger partial charge on any atom is -0.355 e. The zero-order chi connectivity index (χ0) is 19.0. The van der Waals surface area contributed by atoms with E-state index in [0.717, 1.165) is 29.0 Å². The number of hydrogen-bond donors (Lipinski definition) is 1. The van der Waals surface area contributed by atoms with E-state index in [1.165, 1.54) is 12.1 Å². The van der Waals surface area contributed by atoms with Crippen molar-refractivity contribution in [3.63, 3.8) is 0 Å². The van der Waals surface area contributed by atoms with Crippen LogP contribution >= 0.6 is 0 Å². The molecule has 2 unspecified atom stereocenters. The third-order valence-electron chi connectivity index (χ3n) is 4.89. The number of carbonyl (C=O) groups is 1. The Bertz CT molecular complexity index is 930. The lowest BCUT2D eigenvalue weighted by Crippen LogP contribution is -2.27. The lowest BCUT2D eigenvalue weighted by atomic mass is 10.1. The third-order valence-corrected chi connectivity index (χ3v) is 4.89. The van der Waals surface area contributed by atoms with Gasteiger partial charge in [-0.1, -0.05) is 18.2 Å². The van der Waals surface area contributed by atoms with Gasteiger partial charge in [0, 0.05) is 31.3 Å². The number of halogens is 3. The fraction of sp³-hybridized carbons (Fsp3) is 0.300. The molecule has 2 heterocycles. The average molecular weight is 373 g/mol. The molecule has 1 aromatic carbocycles. The first-order valence-electron chi connectivity index (χ1n) is 8.79. The van der Waals surface area contributed by atoms with Gasteiger partial charge in [0.1, 0.15) is 5.65 Å². The van der Waals surface area contributed by atoms with Crippen LogP contribution < -0.4 is 5.32 Å². The maximum Gasteiger partial charge on any atom is 0.416 e. The highest BCUT2D eigenvalue weighted by Crippen LogP contribution is 2.47. The molecule has 1 aliphatic rings. The zero-order valence-corrected chi connectivity index (χ0v) is 14.4. The van der Waals surface area contributed by atoms with Gasteiger partial charge in [-0.2, -0.15) is 13.2 Å². The fourth-order valence-electron chi connectivity index (χ4n) is 3.32. The summed E-state index contributed by atoms with van der Waals surface area (Å²) in [6, 6.07) is 10.9. The summed E-state index contributed by atoms with van der Waals surface area (Å²) in [7, 11) is 0. The predicted octanol–water partition coefficient (Wildman–Crippen LogP) is 3.82. The van der Waals surface area contributed by atoms with Crippen molar-refractivity contribution in [1.82, 2.24) is 14.7 Å². The largest absolute Gasteiger partial charge is 0.416 e. The Morgan fingerprint density at radius 1 is 1.19 bits per heavy atom. The summed E-state index contributed by atoms with van der Waals surface area (Å²) in [5.41, 5.74) is 1.88. The van der Waals surface area contributed by atoms with Crippen LogP contribution in [0.25, 0.3) is 5.65 Å². The number of nitrogens with one attached hydrogen (secondary N) is 1. The predicted molar refractivity (Wildman–Crippen MR) is 94.2 cm³/mol. The quantitative estimate of drug-likeness (QED) is 0.739. The SMILES string of the molecule is O=C(NCCc1cn2ccccc2n1)C1CC1c1ccc(C(F)(F)F)cc1. The lowest BCUT2D eigenvalue weighted by Gasteiger charge is -2.07. The maximum atomic E-state index is 12.6. The summed E-state index contributed by atoms with van der Waals surface area (Å²) in [6.07, 6.45) is 0.820. The van der Waals surface area contributed by atoms with E-state index in [9.17, 15) is 18.0 Å². The first kappa shape index (κ1) is 17.6. The number of rotatable bonds is 5. The number of carbonyl (C=O) groups excluding carboxylic acids is 1. The molecule has 0 spiro atoms. The molecule has 4 rings (SSSR count). The first-order chi connectivity index (χ1) is 12.9. The Morgan fingerprint density at radius 3 is 2.67 bits per heavy atom. The van der Waals surface area contributed by atoms with Crippen LogP contribution in [0.5, 0.6) is 0 Å². The first-order valence-corrected chi connectivity index (χ1v) is 8.79. The van der Waals surface area contributed by atoms with Gasteiger partial charge in [0.15, 0.2) is 0 Å². The number of fused-ring (bicyclic) bond motifs is 1. The number of benzene rings is 1. The van der Waals surface area contributed by atoms with E-state index >= 15 is 0 Å². The highest BCUT2D eigenvalue weighted by molar-refractivity contribution is 5.82. The van der Waals surface area contributed by atoms with E-state index in [0.29, 0.717) is 19.4 Å². The summed E-state index contributed by atoms with van der Waals surface area (Å²) in [6.45, 7) is 0.485. The summed E-state index contributed by atoms with van der Waals surface area (Å²) < 4.78 is 39.8. The molecule has 7 heteroatoms. The van der Waals surface area contributed by atoms with Crippen molar-refractivity contribution in [1.29, 1.82) is 0 Å². The molecule has 1 aliphatic carbocycles. The van der Waals surface area contributed by atoms with Crippen LogP contribution in [-0.2, 0) is 17.4 Å². The summed E-state index contributed by atoms with van der Waals surface area (Å²) in [5, 5.41) is 2.90. The van der Waals surface area contributed by atoms with Gasteiger partial charge in [0.2, 0.25) is 5.91 Å². The number of alkyl halides is 3. The Balaban J connectivity index is 1.28. The van der Waals surface area contributed by atoms with E-state index in [1.807, 2.05) is 35.0 Å². The molecule has 4 nitrogen and oxygen atoms in total. The number of pyridine rings is 1. The third kappa shape index (κ3) is 3.82. The van der Waals surface area contributed by atoms with Gasteiger partial charge in [0.25, 0.3) is 0 Å². The molecule has 140 valence electrons. The topological polar surface area (TPSA) is 46.4 Å². The molecular formula is C20H18F3N3O. The van der Waals surface area contributed by atoms with Gasteiger partial charge in [0.05, 0.1) is 11.3 Å². The molecule has 1 saturated carbocycles. The average Bonchev–Trinajstić information content (AvgIpc) is 3.34. The standard InChI is InChI=1S/C20H18F3N3O/c21-20(22,23)14-6-4-13(5-7-14)16-11-17(16)19(27)24-9-8-15-12-26-10-2-1-3-18(26)25-15/h1-7,10,12,16-17H,8-9,11H2,(H,24,27). The molecule has 1 N–H and O–H groups in total. The number of aromatic nitrogens is 2. The van der Waals surface area contributed by atoms with Crippen LogP contribution in [0, 0.1) is 5.92 Å². The normalized spacial score (nSPS) is 19.2. The van der Waals surface area contributed by atoms with Gasteiger partial charge in [-0.15, -0.1) is 0 Å². The molecule has 1 amide bonds. The van der Waals surface area contributed by atoms with E-state index < -0.39 is 11.7 Å². The van der Waals surface area contributed by atoms with Crippen molar-refractivity contribution in [2.75, 3.05) is 6.54 Å². The lowest BCUT2D eigenvalue weighted by molar-refractivity contribution is -0.137. The summed E-state index contributed by atoms with van der Waals surface area (Å²) in [4.78, 5) is 16.7. The summed E-state index contributed by atoms with van der Waals surface area (Å²) in [5.74, 6) is -0.214. The Morgan fingerprint density at radius 2 is 1.96 bits per heavy atom. The Kier molecular flexibility index (Phi) is 4.37. The van der Waals surface area contributed by atoms with Gasteiger partial charge in [-0.3, -0.25) is 4.79 Å². The molecule has 0 bridgehead atoms. The van der Waals surface area contributed by atoms with Crippen molar-refractivity contribution < 1.29 is 18.0 Å². The second-order valence-corrected chi connectivity index (χ2v) is 6.81. The molecule has 2 atom stereocenters.